The predicted molar refractivity (Wildman–Crippen MR) is 106 cm³/mol. The summed E-state index contributed by atoms with van der Waals surface area (Å²) >= 11 is 0. The summed E-state index contributed by atoms with van der Waals surface area (Å²) in [6, 6.07) is 18.4. The van der Waals surface area contributed by atoms with Crippen molar-refractivity contribution in [2.24, 2.45) is 5.92 Å². The van der Waals surface area contributed by atoms with Crippen LogP contribution < -0.4 is 9.64 Å². The van der Waals surface area contributed by atoms with Gasteiger partial charge in [0.25, 0.3) is 0 Å². The van der Waals surface area contributed by atoms with Crippen LogP contribution in [0.3, 0.4) is 0 Å². The lowest BCUT2D eigenvalue weighted by Crippen LogP contribution is -3.10. The van der Waals surface area contributed by atoms with Gasteiger partial charge in [-0.1, -0.05) is 56.3 Å². The molecule has 0 spiro atoms. The van der Waals surface area contributed by atoms with E-state index in [2.05, 4.69) is 38.1 Å². The summed E-state index contributed by atoms with van der Waals surface area (Å²) in [4.78, 5) is 1.61. The van der Waals surface area contributed by atoms with Crippen molar-refractivity contribution in [1.82, 2.24) is 0 Å². The first kappa shape index (κ1) is 18.9. The largest absolute Gasteiger partial charge is 0.493 e. The minimum absolute atomic E-state index is 0.117. The van der Waals surface area contributed by atoms with Crippen LogP contribution in [0.4, 0.5) is 0 Å². The lowest BCUT2D eigenvalue weighted by molar-refractivity contribution is -0.889. The Morgan fingerprint density at radius 1 is 0.923 bits per heavy atom. The first-order valence-electron chi connectivity index (χ1n) is 9.93. The van der Waals surface area contributed by atoms with Gasteiger partial charge in [-0.15, -0.1) is 0 Å². The molecule has 1 fully saturated rings. The molecule has 2 atom stereocenters. The van der Waals surface area contributed by atoms with Gasteiger partial charge in [0.15, 0.2) is 0 Å². The molecular weight excluding hydrogens is 322 g/mol. The van der Waals surface area contributed by atoms with Crippen LogP contribution in [0.1, 0.15) is 49.8 Å². The topological polar surface area (TPSA) is 33.9 Å². The van der Waals surface area contributed by atoms with Crippen molar-refractivity contribution >= 4 is 0 Å². The second-order valence-corrected chi connectivity index (χ2v) is 7.90. The van der Waals surface area contributed by atoms with Crippen molar-refractivity contribution in [2.45, 2.75) is 38.7 Å². The maximum absolute atomic E-state index is 11.1. The summed E-state index contributed by atoms with van der Waals surface area (Å²) in [5.41, 5.74) is 2.19. The average molecular weight is 355 g/mol. The summed E-state index contributed by atoms with van der Waals surface area (Å²) in [5, 5.41) is 11.1. The maximum Gasteiger partial charge on any atom is 0.119 e. The Labute approximate surface area is 157 Å². The molecule has 1 aliphatic rings. The zero-order valence-electron chi connectivity index (χ0n) is 16.0. The molecule has 0 aliphatic carbocycles. The number of nitrogens with one attached hydrogen (secondary N) is 1. The van der Waals surface area contributed by atoms with Crippen LogP contribution in [0.2, 0.25) is 0 Å². The second kappa shape index (κ2) is 9.20. The van der Waals surface area contributed by atoms with Crippen LogP contribution in [0.5, 0.6) is 5.75 Å². The predicted octanol–water partition coefficient (Wildman–Crippen LogP) is 3.22. The summed E-state index contributed by atoms with van der Waals surface area (Å²) in [7, 11) is 0. The monoisotopic (exact) mass is 354 g/mol. The van der Waals surface area contributed by atoms with Crippen LogP contribution in [-0.4, -0.2) is 31.3 Å². The molecule has 26 heavy (non-hydrogen) atoms. The molecule has 1 aliphatic heterocycles. The molecular formula is C23H32NO2+. The Kier molecular flexibility index (Phi) is 6.70. The van der Waals surface area contributed by atoms with E-state index in [0.29, 0.717) is 12.5 Å². The molecule has 0 radical (unpaired) electrons. The molecule has 140 valence electrons. The highest BCUT2D eigenvalue weighted by Crippen LogP contribution is 2.31. The van der Waals surface area contributed by atoms with E-state index >= 15 is 0 Å². The van der Waals surface area contributed by atoms with Crippen LogP contribution in [0.15, 0.2) is 54.6 Å². The van der Waals surface area contributed by atoms with Gasteiger partial charge in [0.1, 0.15) is 5.75 Å². The molecule has 0 bridgehead atoms. The number of benzene rings is 2. The van der Waals surface area contributed by atoms with Crippen molar-refractivity contribution < 1.29 is 14.7 Å². The third kappa shape index (κ3) is 5.09. The fraction of sp³-hybridized carbons (Fsp3) is 0.478. The maximum atomic E-state index is 11.1. The van der Waals surface area contributed by atoms with E-state index in [0.717, 1.165) is 17.9 Å². The molecule has 2 aromatic rings. The first-order valence-corrected chi connectivity index (χ1v) is 9.93. The molecule has 3 heteroatoms. The number of ether oxygens (including phenoxy) is 1. The zero-order chi connectivity index (χ0) is 18.4. The van der Waals surface area contributed by atoms with Gasteiger partial charge in [0, 0.05) is 12.8 Å². The van der Waals surface area contributed by atoms with Gasteiger partial charge in [-0.3, -0.25) is 0 Å². The number of hydrogen-bond donors (Lipinski definition) is 2. The van der Waals surface area contributed by atoms with Crippen molar-refractivity contribution in [3.63, 3.8) is 0 Å². The normalized spacial score (nSPS) is 17.4. The molecule has 2 aromatic carbocycles. The van der Waals surface area contributed by atoms with Crippen LogP contribution >= 0.6 is 0 Å². The van der Waals surface area contributed by atoms with E-state index in [1.807, 2.05) is 30.3 Å². The fourth-order valence-electron chi connectivity index (χ4n) is 3.76. The standard InChI is InChI=1S/C23H31NO2/c1-18(2)17-26-21-12-10-20(11-13-21)23(25)22(16-24-14-6-7-15-24)19-8-4-3-5-9-19/h3-5,8-13,18,22-23,25H,6-7,14-17H2,1-2H3/p+1/t22-,23+/m0/s1. The van der Waals surface area contributed by atoms with Crippen molar-refractivity contribution in [2.75, 3.05) is 26.2 Å². The average Bonchev–Trinajstić information content (AvgIpc) is 3.18. The molecule has 1 saturated heterocycles. The summed E-state index contributed by atoms with van der Waals surface area (Å²) in [5.74, 6) is 1.49. The summed E-state index contributed by atoms with van der Waals surface area (Å²) < 4.78 is 5.77. The molecule has 0 unspecified atom stereocenters. The fourth-order valence-corrected chi connectivity index (χ4v) is 3.76. The molecule has 0 aromatic heterocycles. The Balaban J connectivity index is 1.74. The zero-order valence-corrected chi connectivity index (χ0v) is 16.0. The quantitative estimate of drug-likeness (QED) is 0.763. The Morgan fingerprint density at radius 3 is 2.19 bits per heavy atom. The Morgan fingerprint density at radius 2 is 1.58 bits per heavy atom. The van der Waals surface area contributed by atoms with E-state index in [4.69, 9.17) is 4.74 Å². The van der Waals surface area contributed by atoms with Crippen LogP contribution in [0, 0.1) is 5.92 Å². The van der Waals surface area contributed by atoms with E-state index in [1.54, 1.807) is 4.90 Å². The van der Waals surface area contributed by atoms with Crippen LogP contribution in [0.25, 0.3) is 0 Å². The van der Waals surface area contributed by atoms with Crippen molar-refractivity contribution in [3.8, 4) is 5.75 Å². The van der Waals surface area contributed by atoms with Gasteiger partial charge >= 0.3 is 0 Å². The molecule has 1 heterocycles. The van der Waals surface area contributed by atoms with E-state index in [9.17, 15) is 5.11 Å². The first-order chi connectivity index (χ1) is 12.6. The number of aliphatic hydroxyl groups excluding tert-OH is 1. The smallest absolute Gasteiger partial charge is 0.119 e. The summed E-state index contributed by atoms with van der Waals surface area (Å²) in [6.45, 7) is 8.42. The third-order valence-corrected chi connectivity index (χ3v) is 5.23. The molecule has 0 saturated carbocycles. The number of hydrogen-bond acceptors (Lipinski definition) is 2. The summed E-state index contributed by atoms with van der Waals surface area (Å²) in [6.07, 6.45) is 2.11. The van der Waals surface area contributed by atoms with E-state index in [1.165, 1.54) is 31.5 Å². The van der Waals surface area contributed by atoms with Gasteiger partial charge in [0.05, 0.1) is 38.3 Å². The Bertz CT molecular complexity index is 648. The SMILES string of the molecule is CC(C)COc1ccc([C@@H](O)[C@@H](C[NH+]2CCCC2)c2ccccc2)cc1. The lowest BCUT2D eigenvalue weighted by Gasteiger charge is -2.26. The minimum Gasteiger partial charge on any atom is -0.493 e. The highest BCUT2D eigenvalue weighted by Gasteiger charge is 2.29. The second-order valence-electron chi connectivity index (χ2n) is 7.90. The van der Waals surface area contributed by atoms with Gasteiger partial charge in [-0.2, -0.15) is 0 Å². The van der Waals surface area contributed by atoms with E-state index in [-0.39, 0.29) is 5.92 Å². The number of likely N-dealkylation sites (tertiary alicyclic amines) is 1. The Hall–Kier alpha value is -1.84. The third-order valence-electron chi connectivity index (χ3n) is 5.23. The number of aliphatic hydroxyl groups is 1. The van der Waals surface area contributed by atoms with E-state index < -0.39 is 6.10 Å². The molecule has 0 amide bonds. The van der Waals surface area contributed by atoms with Crippen molar-refractivity contribution in [1.29, 1.82) is 0 Å². The molecule has 3 rings (SSSR count). The minimum atomic E-state index is -0.496. The highest BCUT2D eigenvalue weighted by molar-refractivity contribution is 5.31. The van der Waals surface area contributed by atoms with Gasteiger partial charge in [-0.05, 0) is 29.2 Å². The highest BCUT2D eigenvalue weighted by atomic mass is 16.5. The lowest BCUT2D eigenvalue weighted by atomic mass is 9.88. The van der Waals surface area contributed by atoms with Gasteiger partial charge < -0.3 is 14.7 Å². The molecule has 3 nitrogen and oxygen atoms in total. The van der Waals surface area contributed by atoms with Gasteiger partial charge in [0.2, 0.25) is 0 Å². The van der Waals surface area contributed by atoms with Crippen LogP contribution in [-0.2, 0) is 0 Å². The van der Waals surface area contributed by atoms with Crippen molar-refractivity contribution in [3.05, 3.63) is 65.7 Å². The number of rotatable bonds is 8. The molecule has 2 N–H and O–H groups in total. The van der Waals surface area contributed by atoms with Gasteiger partial charge in [-0.25, -0.2) is 0 Å². The number of quaternary nitrogens is 1.